The zero-order chi connectivity index (χ0) is 37.0. The van der Waals surface area contributed by atoms with E-state index in [2.05, 4.69) is 146 Å². The maximum absolute atomic E-state index is 12.3. The van der Waals surface area contributed by atoms with Crippen LogP contribution in [-0.2, 0) is 15.0 Å². The van der Waals surface area contributed by atoms with Gasteiger partial charge in [0.1, 0.15) is 0 Å². The van der Waals surface area contributed by atoms with Crippen molar-refractivity contribution in [2.75, 3.05) is 0 Å². The Morgan fingerprint density at radius 1 is 0.382 bits per heavy atom. The predicted octanol–water partition coefficient (Wildman–Crippen LogP) is 12.8. The van der Waals surface area contributed by atoms with Gasteiger partial charge in [-0.1, -0.05) is 146 Å². The molecule has 4 nitrogen and oxygen atoms in total. The van der Waals surface area contributed by atoms with E-state index >= 15 is 0 Å². The maximum Gasteiger partial charge on any atom is 0.303 e. The van der Waals surface area contributed by atoms with Crippen LogP contribution in [0.25, 0.3) is 98.0 Å². The lowest BCUT2D eigenvalue weighted by atomic mass is 9.71. The van der Waals surface area contributed by atoms with Gasteiger partial charge in [-0.15, -0.1) is 0 Å². The molecule has 0 heterocycles. The first-order chi connectivity index (χ1) is 26.9. The van der Waals surface area contributed by atoms with Gasteiger partial charge >= 0.3 is 11.9 Å². The van der Waals surface area contributed by atoms with Gasteiger partial charge in [0.25, 0.3) is 0 Å². The first kappa shape index (κ1) is 31.7. The number of fused-ring (bicyclic) bond motifs is 3. The van der Waals surface area contributed by atoms with Crippen LogP contribution in [0.2, 0.25) is 0 Å². The van der Waals surface area contributed by atoms with E-state index < -0.39 is 17.4 Å². The number of hydrogen-bond donors (Lipinski definition) is 2. The van der Waals surface area contributed by atoms with E-state index in [0.717, 1.165) is 55.3 Å². The Bertz CT molecular complexity index is 2980. The van der Waals surface area contributed by atoms with Crippen molar-refractivity contribution in [3.63, 3.8) is 0 Å². The number of carbonyl (C=O) groups is 2. The highest BCUT2D eigenvalue weighted by molar-refractivity contribution is 6.27. The number of rotatable bonds is 8. The van der Waals surface area contributed by atoms with Crippen molar-refractivity contribution in [2.45, 2.75) is 31.1 Å². The van der Waals surface area contributed by atoms with Crippen molar-refractivity contribution in [3.8, 4) is 33.4 Å². The van der Waals surface area contributed by atoms with Gasteiger partial charge in [0.05, 0.1) is 0 Å². The molecule has 0 unspecified atom stereocenters. The molecule has 0 saturated carbocycles. The first-order valence-electron chi connectivity index (χ1n) is 19.0. The van der Waals surface area contributed by atoms with Crippen molar-refractivity contribution >= 4 is 76.6 Å². The fraction of sp³-hybridized carbons (Fsp3) is 0.0980. The molecule has 2 N–H and O–H groups in total. The number of carboxylic acids is 2. The van der Waals surface area contributed by atoms with Crippen LogP contribution in [0.15, 0.2) is 146 Å². The van der Waals surface area contributed by atoms with Gasteiger partial charge < -0.3 is 10.2 Å². The fourth-order valence-electron chi connectivity index (χ4n) is 10.3. The van der Waals surface area contributed by atoms with Crippen LogP contribution in [0.4, 0.5) is 0 Å². The summed E-state index contributed by atoms with van der Waals surface area (Å²) in [5.74, 6) is -1.79. The van der Waals surface area contributed by atoms with E-state index in [4.69, 9.17) is 0 Å². The molecule has 0 aromatic heterocycles. The van der Waals surface area contributed by atoms with Crippen LogP contribution in [0.3, 0.4) is 0 Å². The summed E-state index contributed by atoms with van der Waals surface area (Å²) in [5.41, 5.74) is 7.63. The summed E-state index contributed by atoms with van der Waals surface area (Å²) in [6.07, 6.45) is 0.424. The number of carboxylic acid groups (broad SMARTS) is 2. The van der Waals surface area contributed by atoms with Crippen LogP contribution < -0.4 is 0 Å². The Kier molecular flexibility index (Phi) is 6.69. The summed E-state index contributed by atoms with van der Waals surface area (Å²) < 4.78 is 0. The highest BCUT2D eigenvalue weighted by atomic mass is 16.4. The molecule has 10 aromatic rings. The zero-order valence-electron chi connectivity index (χ0n) is 29.9. The minimum Gasteiger partial charge on any atom is -0.481 e. The Morgan fingerprint density at radius 3 is 1.13 bits per heavy atom. The van der Waals surface area contributed by atoms with E-state index in [1.54, 1.807) is 0 Å². The van der Waals surface area contributed by atoms with Crippen molar-refractivity contribution in [3.05, 3.63) is 157 Å². The molecule has 4 heteroatoms. The molecule has 0 fully saturated rings. The SMILES string of the molecule is O=C(O)CCC1(CCC(=O)O)c2cccc(-c3ccc4ccc5cccc6ccc3c4c56)c2-c2c(-c3ccc4ccc5cccc6ccc3c4c56)cccc21. The lowest BCUT2D eigenvalue weighted by Crippen LogP contribution is -2.27. The van der Waals surface area contributed by atoms with E-state index in [0.29, 0.717) is 12.8 Å². The molecule has 1 aliphatic rings. The monoisotopic (exact) mass is 710 g/mol. The molecule has 0 amide bonds. The van der Waals surface area contributed by atoms with Crippen LogP contribution in [0.1, 0.15) is 36.8 Å². The largest absolute Gasteiger partial charge is 0.481 e. The van der Waals surface area contributed by atoms with Crippen molar-refractivity contribution in [1.82, 2.24) is 0 Å². The minimum atomic E-state index is -0.893. The van der Waals surface area contributed by atoms with E-state index in [9.17, 15) is 19.8 Å². The quantitative estimate of drug-likeness (QED) is 0.154. The summed E-state index contributed by atoms with van der Waals surface area (Å²) in [4.78, 5) is 24.7. The number of aliphatic carboxylic acids is 2. The van der Waals surface area contributed by atoms with Gasteiger partial charge in [-0.3, -0.25) is 9.59 Å². The van der Waals surface area contributed by atoms with Crippen molar-refractivity contribution in [2.24, 2.45) is 0 Å². The smallest absolute Gasteiger partial charge is 0.303 e. The van der Waals surface area contributed by atoms with E-state index in [-0.39, 0.29) is 12.8 Å². The average molecular weight is 711 g/mol. The van der Waals surface area contributed by atoms with Crippen LogP contribution in [0.5, 0.6) is 0 Å². The molecule has 0 saturated heterocycles. The van der Waals surface area contributed by atoms with Crippen molar-refractivity contribution in [1.29, 1.82) is 0 Å². The van der Waals surface area contributed by atoms with Gasteiger partial charge in [-0.25, -0.2) is 0 Å². The van der Waals surface area contributed by atoms with Gasteiger partial charge in [0.15, 0.2) is 0 Å². The Hall–Kier alpha value is -6.78. The third-order valence-corrected chi connectivity index (χ3v) is 12.6. The average Bonchev–Trinajstić information content (AvgIpc) is 3.50. The number of hydrogen-bond acceptors (Lipinski definition) is 2. The summed E-state index contributed by atoms with van der Waals surface area (Å²) in [7, 11) is 0. The molecule has 262 valence electrons. The normalized spacial score (nSPS) is 13.5. The molecular weight excluding hydrogens is 677 g/mol. The highest BCUT2D eigenvalue weighted by Crippen LogP contribution is 2.60. The lowest BCUT2D eigenvalue weighted by Gasteiger charge is -2.32. The standard InChI is InChI=1S/C51H34O4/c52-43(53)25-27-51(28-26-44(54)55)41-11-3-9-37(35-21-17-33-15-13-29-5-1-7-31-19-23-39(35)47(33)45(29)31)49(41)50-38(10-4-12-42(50)51)36-22-18-34-16-14-30-6-2-8-32-20-24-40(36)48(34)46(30)32/h1-24H,25-28H2,(H,52,53)(H,54,55). The third-order valence-electron chi connectivity index (χ3n) is 12.6. The van der Waals surface area contributed by atoms with Crippen LogP contribution in [0, 0.1) is 0 Å². The Labute approximate surface area is 316 Å². The van der Waals surface area contributed by atoms with Crippen molar-refractivity contribution < 1.29 is 19.8 Å². The molecule has 1 aliphatic carbocycles. The summed E-state index contributed by atoms with van der Waals surface area (Å²) in [6.45, 7) is 0. The second-order valence-electron chi connectivity index (χ2n) is 15.3. The maximum atomic E-state index is 12.3. The van der Waals surface area contributed by atoms with Crippen LogP contribution in [-0.4, -0.2) is 22.2 Å². The molecule has 10 aromatic carbocycles. The first-order valence-corrected chi connectivity index (χ1v) is 19.0. The molecule has 0 atom stereocenters. The zero-order valence-corrected chi connectivity index (χ0v) is 29.9. The third kappa shape index (κ3) is 4.46. The van der Waals surface area contributed by atoms with Gasteiger partial charge in [0, 0.05) is 18.3 Å². The molecular formula is C51H34O4. The van der Waals surface area contributed by atoms with Crippen LogP contribution >= 0.6 is 0 Å². The summed E-state index contributed by atoms with van der Waals surface area (Å²) >= 11 is 0. The van der Waals surface area contributed by atoms with E-state index in [1.165, 1.54) is 53.9 Å². The fourth-order valence-corrected chi connectivity index (χ4v) is 10.3. The second-order valence-corrected chi connectivity index (χ2v) is 15.3. The predicted molar refractivity (Wildman–Crippen MR) is 225 cm³/mol. The van der Waals surface area contributed by atoms with E-state index in [1.807, 2.05) is 0 Å². The topological polar surface area (TPSA) is 74.6 Å². The molecule has 0 spiro atoms. The van der Waals surface area contributed by atoms with Gasteiger partial charge in [0.2, 0.25) is 0 Å². The molecule has 0 bridgehead atoms. The Balaban J connectivity index is 1.26. The lowest BCUT2D eigenvalue weighted by molar-refractivity contribution is -0.137. The van der Waals surface area contributed by atoms with Gasteiger partial charge in [-0.2, -0.15) is 0 Å². The molecule has 0 radical (unpaired) electrons. The Morgan fingerprint density at radius 2 is 0.727 bits per heavy atom. The number of benzene rings is 10. The minimum absolute atomic E-state index is 0.0790. The summed E-state index contributed by atoms with van der Waals surface area (Å²) in [5, 5.41) is 34.7. The highest BCUT2D eigenvalue weighted by Gasteiger charge is 2.45. The molecule has 55 heavy (non-hydrogen) atoms. The molecule has 0 aliphatic heterocycles. The summed E-state index contributed by atoms with van der Waals surface area (Å²) in [6, 6.07) is 52.3. The second kappa shape index (κ2) is 11.6. The molecule has 11 rings (SSSR count). The van der Waals surface area contributed by atoms with Gasteiger partial charge in [-0.05, 0) is 122 Å².